The number of aromatic nitrogens is 2. The normalized spacial score (nSPS) is 27.9. The molecule has 0 bridgehead atoms. The highest BCUT2D eigenvalue weighted by Crippen LogP contribution is 2.41. The highest BCUT2D eigenvalue weighted by Gasteiger charge is 2.46. The number of hydrogen-bond acceptors (Lipinski definition) is 3. The molecule has 0 amide bonds. The first kappa shape index (κ1) is 9.59. The van der Waals surface area contributed by atoms with Gasteiger partial charge in [-0.3, -0.25) is 9.89 Å². The molecule has 84 valence electrons. The Balaban J connectivity index is 2.13. The molecule has 0 aromatic carbocycles. The lowest BCUT2D eigenvalue weighted by atomic mass is 9.69. The molecule has 0 saturated carbocycles. The van der Waals surface area contributed by atoms with Crippen molar-refractivity contribution in [2.75, 3.05) is 13.1 Å². The Bertz CT molecular complexity index is 477. The molecule has 2 heterocycles. The van der Waals surface area contributed by atoms with Crippen LogP contribution in [0.4, 0.5) is 0 Å². The van der Waals surface area contributed by atoms with Crippen molar-refractivity contribution in [1.82, 2.24) is 15.5 Å². The maximum Gasteiger partial charge on any atom is 0.315 e. The fourth-order valence-corrected chi connectivity index (χ4v) is 2.64. The highest BCUT2D eigenvalue weighted by atomic mass is 16.4. The lowest BCUT2D eigenvalue weighted by molar-refractivity contribution is -0.147. The monoisotopic (exact) mass is 219 g/mol. The summed E-state index contributed by atoms with van der Waals surface area (Å²) in [6.07, 6.45) is 5.01. The van der Waals surface area contributed by atoms with E-state index in [0.717, 1.165) is 29.8 Å². The fourth-order valence-electron chi connectivity index (χ4n) is 2.64. The third kappa shape index (κ3) is 1.15. The largest absolute Gasteiger partial charge is 0.481 e. The molecule has 1 aromatic rings. The molecule has 0 radical (unpaired) electrons. The van der Waals surface area contributed by atoms with Crippen LogP contribution in [0.25, 0.3) is 6.08 Å². The van der Waals surface area contributed by atoms with Crippen molar-refractivity contribution in [2.45, 2.75) is 12.8 Å². The summed E-state index contributed by atoms with van der Waals surface area (Å²) >= 11 is 0. The molecule has 1 aliphatic carbocycles. The number of hydrogen-bond donors (Lipinski definition) is 3. The van der Waals surface area contributed by atoms with E-state index in [1.54, 1.807) is 6.20 Å². The molecule has 1 saturated heterocycles. The quantitative estimate of drug-likeness (QED) is 0.639. The predicted molar refractivity (Wildman–Crippen MR) is 57.8 cm³/mol. The maximum atomic E-state index is 11.5. The van der Waals surface area contributed by atoms with Crippen LogP contribution in [0.1, 0.15) is 17.7 Å². The highest BCUT2D eigenvalue weighted by molar-refractivity contribution is 5.83. The van der Waals surface area contributed by atoms with Gasteiger partial charge < -0.3 is 10.4 Å². The van der Waals surface area contributed by atoms with Crippen molar-refractivity contribution in [1.29, 1.82) is 0 Å². The molecule has 16 heavy (non-hydrogen) atoms. The number of nitrogens with one attached hydrogen (secondary N) is 2. The number of aliphatic carboxylic acids is 1. The lowest BCUT2D eigenvalue weighted by Gasteiger charge is -2.38. The second-order valence-corrected chi connectivity index (χ2v) is 4.47. The average Bonchev–Trinajstić information content (AvgIpc) is 2.72. The summed E-state index contributed by atoms with van der Waals surface area (Å²) in [6, 6.07) is 0. The minimum Gasteiger partial charge on any atom is -0.481 e. The van der Waals surface area contributed by atoms with Gasteiger partial charge in [0.2, 0.25) is 0 Å². The minimum atomic E-state index is -0.755. The van der Waals surface area contributed by atoms with Crippen molar-refractivity contribution < 1.29 is 9.90 Å². The standard InChI is InChI=1S/C11H13N3O2/c15-10(16)11-4-7-5-13-14-9(7)3-8(11)1-2-12-6-11/h3,5,12H,1-2,4,6H2,(H,13,14)(H,15,16). The van der Waals surface area contributed by atoms with Gasteiger partial charge in [0.25, 0.3) is 0 Å². The van der Waals surface area contributed by atoms with Gasteiger partial charge in [0, 0.05) is 6.54 Å². The van der Waals surface area contributed by atoms with Crippen molar-refractivity contribution in [3.63, 3.8) is 0 Å². The Labute approximate surface area is 92.6 Å². The van der Waals surface area contributed by atoms with Gasteiger partial charge in [0.15, 0.2) is 0 Å². The van der Waals surface area contributed by atoms with Crippen LogP contribution in [-0.2, 0) is 11.2 Å². The number of aromatic amines is 1. The van der Waals surface area contributed by atoms with Crippen LogP contribution in [-0.4, -0.2) is 34.4 Å². The molecule has 1 aliphatic heterocycles. The van der Waals surface area contributed by atoms with E-state index < -0.39 is 11.4 Å². The summed E-state index contributed by atoms with van der Waals surface area (Å²) in [5.74, 6) is -0.738. The Morgan fingerprint density at radius 1 is 1.56 bits per heavy atom. The summed E-state index contributed by atoms with van der Waals surface area (Å²) in [4.78, 5) is 11.5. The Morgan fingerprint density at radius 2 is 2.44 bits per heavy atom. The van der Waals surface area contributed by atoms with E-state index in [1.807, 2.05) is 6.08 Å². The molecule has 1 fully saturated rings. The molecular formula is C11H13N3O2. The van der Waals surface area contributed by atoms with E-state index in [4.69, 9.17) is 0 Å². The molecule has 1 unspecified atom stereocenters. The van der Waals surface area contributed by atoms with Crippen LogP contribution in [0, 0.1) is 5.41 Å². The van der Waals surface area contributed by atoms with Gasteiger partial charge in [-0.15, -0.1) is 0 Å². The first-order chi connectivity index (χ1) is 7.72. The first-order valence-corrected chi connectivity index (χ1v) is 5.40. The van der Waals surface area contributed by atoms with E-state index in [2.05, 4.69) is 15.5 Å². The van der Waals surface area contributed by atoms with Crippen LogP contribution in [0.2, 0.25) is 0 Å². The van der Waals surface area contributed by atoms with Crippen molar-refractivity contribution in [2.24, 2.45) is 5.41 Å². The number of piperidine rings is 1. The number of fused-ring (bicyclic) bond motifs is 2. The number of carboxylic acids is 1. The maximum absolute atomic E-state index is 11.5. The van der Waals surface area contributed by atoms with Crippen molar-refractivity contribution in [3.05, 3.63) is 23.0 Å². The van der Waals surface area contributed by atoms with Crippen LogP contribution >= 0.6 is 0 Å². The second kappa shape index (κ2) is 3.18. The van der Waals surface area contributed by atoms with Gasteiger partial charge in [0.05, 0.1) is 11.9 Å². The number of H-pyrrole nitrogens is 1. The van der Waals surface area contributed by atoms with Crippen LogP contribution in [0.5, 0.6) is 0 Å². The zero-order valence-electron chi connectivity index (χ0n) is 8.79. The molecular weight excluding hydrogens is 206 g/mol. The van der Waals surface area contributed by atoms with Gasteiger partial charge in [-0.1, -0.05) is 0 Å². The Hall–Kier alpha value is -1.62. The third-order valence-corrected chi connectivity index (χ3v) is 3.58. The zero-order valence-corrected chi connectivity index (χ0v) is 8.79. The molecule has 2 aliphatic rings. The van der Waals surface area contributed by atoms with Crippen LogP contribution in [0.15, 0.2) is 11.8 Å². The summed E-state index contributed by atoms with van der Waals surface area (Å²) in [5, 5.41) is 19.5. The Morgan fingerprint density at radius 3 is 3.25 bits per heavy atom. The fraction of sp³-hybridized carbons (Fsp3) is 0.455. The molecule has 3 N–H and O–H groups in total. The van der Waals surface area contributed by atoms with E-state index in [1.165, 1.54) is 0 Å². The molecule has 5 nitrogen and oxygen atoms in total. The Kier molecular flexibility index (Phi) is 1.91. The number of rotatable bonds is 1. The van der Waals surface area contributed by atoms with E-state index in [-0.39, 0.29) is 0 Å². The minimum absolute atomic E-state index is 0.513. The smallest absolute Gasteiger partial charge is 0.315 e. The van der Waals surface area contributed by atoms with Crippen LogP contribution in [0.3, 0.4) is 0 Å². The summed E-state index contributed by atoms with van der Waals surface area (Å²) in [7, 11) is 0. The average molecular weight is 219 g/mol. The van der Waals surface area contributed by atoms with Crippen LogP contribution < -0.4 is 5.32 Å². The third-order valence-electron chi connectivity index (χ3n) is 3.58. The molecule has 1 aromatic heterocycles. The van der Waals surface area contributed by atoms with Gasteiger partial charge in [-0.05, 0) is 36.6 Å². The topological polar surface area (TPSA) is 78.0 Å². The van der Waals surface area contributed by atoms with E-state index in [9.17, 15) is 9.90 Å². The molecule has 0 spiro atoms. The molecule has 3 rings (SSSR count). The first-order valence-electron chi connectivity index (χ1n) is 5.40. The van der Waals surface area contributed by atoms with Crippen molar-refractivity contribution in [3.8, 4) is 0 Å². The summed E-state index contributed by atoms with van der Waals surface area (Å²) in [5.41, 5.74) is 2.22. The van der Waals surface area contributed by atoms with E-state index in [0.29, 0.717) is 13.0 Å². The summed E-state index contributed by atoms with van der Waals surface area (Å²) in [6.45, 7) is 1.36. The van der Waals surface area contributed by atoms with E-state index >= 15 is 0 Å². The SMILES string of the molecule is O=C(O)C12CNCCC1=Cc1[nH]ncc1C2. The van der Waals surface area contributed by atoms with Gasteiger partial charge >= 0.3 is 5.97 Å². The van der Waals surface area contributed by atoms with Gasteiger partial charge in [0.1, 0.15) is 5.41 Å². The number of carbonyl (C=O) groups is 1. The van der Waals surface area contributed by atoms with Crippen molar-refractivity contribution >= 4 is 12.0 Å². The summed E-state index contributed by atoms with van der Waals surface area (Å²) < 4.78 is 0. The molecule has 5 heteroatoms. The second-order valence-electron chi connectivity index (χ2n) is 4.47. The number of nitrogens with zero attached hydrogens (tertiary/aromatic N) is 1. The lowest BCUT2D eigenvalue weighted by Crippen LogP contribution is -2.49. The van der Waals surface area contributed by atoms with Gasteiger partial charge in [-0.25, -0.2) is 0 Å². The van der Waals surface area contributed by atoms with Gasteiger partial charge in [-0.2, -0.15) is 5.10 Å². The predicted octanol–water partition coefficient (Wildman–Crippen LogP) is 0.413. The number of carboxylic acid groups (broad SMARTS) is 1. The molecule has 1 atom stereocenters. The zero-order chi connectivity index (χ0) is 11.2.